The quantitative estimate of drug-likeness (QED) is 0.487. The number of hydrogen-bond donors (Lipinski definition) is 1. The van der Waals surface area contributed by atoms with Gasteiger partial charge in [-0.1, -0.05) is 12.1 Å². The Morgan fingerprint density at radius 3 is 2.34 bits per heavy atom. The van der Waals surface area contributed by atoms with Crippen molar-refractivity contribution in [2.75, 3.05) is 46.4 Å². The first-order valence-electron chi connectivity index (χ1n) is 9.21. The number of nitrogens with zero attached hydrogens (tertiary/aromatic N) is 1. The Labute approximate surface area is 170 Å². The fourth-order valence-electron chi connectivity index (χ4n) is 2.84. The number of methoxy groups -OCH3 is 3. The average molecular weight is 402 g/mol. The molecule has 0 saturated heterocycles. The third-order valence-corrected chi connectivity index (χ3v) is 4.35. The number of benzene rings is 2. The van der Waals surface area contributed by atoms with Crippen LogP contribution < -0.4 is 24.4 Å². The van der Waals surface area contributed by atoms with Gasteiger partial charge in [-0.05, 0) is 42.3 Å². The van der Waals surface area contributed by atoms with Crippen LogP contribution in [-0.4, -0.2) is 47.4 Å². The number of rotatable bonds is 10. The first-order valence-corrected chi connectivity index (χ1v) is 9.21. The normalized spacial score (nSPS) is 10.7. The van der Waals surface area contributed by atoms with Crippen LogP contribution in [0.3, 0.4) is 0 Å². The van der Waals surface area contributed by atoms with E-state index in [0.29, 0.717) is 42.4 Å². The van der Waals surface area contributed by atoms with E-state index in [1.165, 1.54) is 33.5 Å². The number of para-hydroxylation sites is 1. The Bertz CT molecular complexity index is 829. The topological polar surface area (TPSA) is 60.0 Å². The highest BCUT2D eigenvalue weighted by Gasteiger charge is 2.12. The maximum atomic E-state index is 13.7. The molecule has 0 atom stereocenters. The summed E-state index contributed by atoms with van der Waals surface area (Å²) in [5.41, 5.74) is 1.29. The zero-order valence-electron chi connectivity index (χ0n) is 17.2. The molecule has 0 unspecified atom stereocenters. The lowest BCUT2D eigenvalue weighted by Gasteiger charge is -2.19. The van der Waals surface area contributed by atoms with Crippen LogP contribution in [0.25, 0.3) is 6.08 Å². The molecule has 0 aliphatic heterocycles. The molecule has 0 spiro atoms. The van der Waals surface area contributed by atoms with Crippen LogP contribution >= 0.6 is 0 Å². The van der Waals surface area contributed by atoms with Crippen LogP contribution in [0, 0.1) is 5.82 Å². The molecule has 0 heterocycles. The van der Waals surface area contributed by atoms with Crippen molar-refractivity contribution < 1.29 is 23.4 Å². The summed E-state index contributed by atoms with van der Waals surface area (Å²) in [4.78, 5) is 13.9. The predicted molar refractivity (Wildman–Crippen MR) is 112 cm³/mol. The highest BCUT2D eigenvalue weighted by Crippen LogP contribution is 2.38. The molecule has 0 fully saturated rings. The number of halogens is 1. The van der Waals surface area contributed by atoms with Crippen LogP contribution in [0.15, 0.2) is 42.5 Å². The highest BCUT2D eigenvalue weighted by atomic mass is 19.1. The summed E-state index contributed by atoms with van der Waals surface area (Å²) >= 11 is 0. The van der Waals surface area contributed by atoms with E-state index in [1.54, 1.807) is 36.4 Å². The number of anilines is 1. The van der Waals surface area contributed by atoms with Gasteiger partial charge >= 0.3 is 0 Å². The molecule has 0 aliphatic carbocycles. The van der Waals surface area contributed by atoms with Gasteiger partial charge in [-0.15, -0.1) is 0 Å². The maximum absolute atomic E-state index is 13.7. The van der Waals surface area contributed by atoms with Crippen molar-refractivity contribution in [1.29, 1.82) is 0 Å². The first-order chi connectivity index (χ1) is 14.0. The Morgan fingerprint density at radius 1 is 1.10 bits per heavy atom. The predicted octanol–water partition coefficient (Wildman–Crippen LogP) is 3.51. The minimum Gasteiger partial charge on any atom is -0.493 e. The van der Waals surface area contributed by atoms with Crippen molar-refractivity contribution in [3.05, 3.63) is 53.9 Å². The highest BCUT2D eigenvalue weighted by molar-refractivity contribution is 5.91. The van der Waals surface area contributed by atoms with Crippen molar-refractivity contribution in [2.24, 2.45) is 0 Å². The van der Waals surface area contributed by atoms with Gasteiger partial charge in [-0.3, -0.25) is 4.79 Å². The van der Waals surface area contributed by atoms with Gasteiger partial charge in [0.05, 0.1) is 27.0 Å². The summed E-state index contributed by atoms with van der Waals surface area (Å²) in [5.74, 6) is 1.06. The maximum Gasteiger partial charge on any atom is 0.244 e. The van der Waals surface area contributed by atoms with Gasteiger partial charge in [0.2, 0.25) is 11.7 Å². The lowest BCUT2D eigenvalue weighted by Crippen LogP contribution is -2.27. The lowest BCUT2D eigenvalue weighted by atomic mass is 10.1. The summed E-state index contributed by atoms with van der Waals surface area (Å²) in [7, 11) is 6.43. The van der Waals surface area contributed by atoms with Gasteiger partial charge in [0.25, 0.3) is 0 Å². The van der Waals surface area contributed by atoms with E-state index in [9.17, 15) is 9.18 Å². The van der Waals surface area contributed by atoms with Gasteiger partial charge in [0.15, 0.2) is 11.5 Å². The molecule has 2 aromatic rings. The summed E-state index contributed by atoms with van der Waals surface area (Å²) < 4.78 is 29.6. The van der Waals surface area contributed by atoms with E-state index >= 15 is 0 Å². The molecule has 6 nitrogen and oxygen atoms in total. The molecule has 2 rings (SSSR count). The molecule has 7 heteroatoms. The molecule has 29 heavy (non-hydrogen) atoms. The van der Waals surface area contributed by atoms with Crippen LogP contribution in [0.1, 0.15) is 12.0 Å². The van der Waals surface area contributed by atoms with E-state index in [1.807, 2.05) is 11.9 Å². The molecule has 2 aromatic carbocycles. The number of hydrogen-bond acceptors (Lipinski definition) is 5. The Morgan fingerprint density at radius 2 is 1.76 bits per heavy atom. The Kier molecular flexibility index (Phi) is 8.33. The molecule has 0 bridgehead atoms. The Balaban J connectivity index is 1.86. The minimum atomic E-state index is -0.257. The first kappa shape index (κ1) is 22.1. The largest absolute Gasteiger partial charge is 0.493 e. The minimum absolute atomic E-state index is 0.215. The molecular weight excluding hydrogens is 375 g/mol. The van der Waals surface area contributed by atoms with E-state index in [2.05, 4.69) is 5.32 Å². The second-order valence-electron chi connectivity index (χ2n) is 6.31. The van der Waals surface area contributed by atoms with Gasteiger partial charge in [0.1, 0.15) is 5.82 Å². The van der Waals surface area contributed by atoms with Gasteiger partial charge < -0.3 is 24.4 Å². The number of carbonyl (C=O) groups excluding carboxylic acids is 1. The van der Waals surface area contributed by atoms with Crippen molar-refractivity contribution >= 4 is 17.7 Å². The summed E-state index contributed by atoms with van der Waals surface area (Å²) in [6.07, 6.45) is 3.81. The second kappa shape index (κ2) is 10.9. The van der Waals surface area contributed by atoms with Gasteiger partial charge in [-0.2, -0.15) is 0 Å². The van der Waals surface area contributed by atoms with Crippen LogP contribution in [-0.2, 0) is 4.79 Å². The molecular formula is C22H27FN2O4. The molecule has 0 aromatic heterocycles. The standard InChI is InChI=1S/C22H27FN2O4/c1-25(18-9-6-5-8-17(18)23)13-7-12-24-21(26)11-10-16-14-19(27-2)22(29-4)20(15-16)28-3/h5-6,8-11,14-15H,7,12-13H2,1-4H3,(H,24,26)/b11-10+. The van der Waals surface area contributed by atoms with E-state index in [0.717, 1.165) is 5.56 Å². The molecule has 0 saturated carbocycles. The van der Waals surface area contributed by atoms with Crippen LogP contribution in [0.4, 0.5) is 10.1 Å². The summed E-state index contributed by atoms with van der Waals surface area (Å²) in [6, 6.07) is 10.1. The SMILES string of the molecule is COc1cc(/C=C/C(=O)NCCCN(C)c2ccccc2F)cc(OC)c1OC. The monoisotopic (exact) mass is 402 g/mol. The van der Waals surface area contributed by atoms with E-state index < -0.39 is 0 Å². The van der Waals surface area contributed by atoms with Gasteiger partial charge in [-0.25, -0.2) is 4.39 Å². The van der Waals surface area contributed by atoms with Crippen LogP contribution in [0.2, 0.25) is 0 Å². The van der Waals surface area contributed by atoms with Crippen molar-refractivity contribution in [1.82, 2.24) is 5.32 Å². The number of ether oxygens (including phenoxy) is 3. The van der Waals surface area contributed by atoms with Crippen molar-refractivity contribution in [3.63, 3.8) is 0 Å². The molecule has 1 N–H and O–H groups in total. The molecule has 156 valence electrons. The molecule has 0 aliphatic rings. The number of carbonyl (C=O) groups is 1. The summed E-state index contributed by atoms with van der Waals surface area (Å²) in [5, 5.41) is 2.82. The fourth-order valence-corrected chi connectivity index (χ4v) is 2.84. The molecule has 1 amide bonds. The fraction of sp³-hybridized carbons (Fsp3) is 0.318. The third kappa shape index (κ3) is 6.14. The lowest BCUT2D eigenvalue weighted by molar-refractivity contribution is -0.116. The Hall–Kier alpha value is -3.22. The van der Waals surface area contributed by atoms with E-state index in [4.69, 9.17) is 14.2 Å². The van der Waals surface area contributed by atoms with Crippen LogP contribution in [0.5, 0.6) is 17.2 Å². The second-order valence-corrected chi connectivity index (χ2v) is 6.31. The van der Waals surface area contributed by atoms with E-state index in [-0.39, 0.29) is 11.7 Å². The molecule has 0 radical (unpaired) electrons. The zero-order valence-corrected chi connectivity index (χ0v) is 17.2. The zero-order chi connectivity index (χ0) is 21.2. The number of amides is 1. The number of nitrogens with one attached hydrogen (secondary N) is 1. The summed E-state index contributed by atoms with van der Waals surface area (Å²) in [6.45, 7) is 1.11. The van der Waals surface area contributed by atoms with Gasteiger partial charge in [0, 0.05) is 26.2 Å². The van der Waals surface area contributed by atoms with Crippen molar-refractivity contribution in [2.45, 2.75) is 6.42 Å². The van der Waals surface area contributed by atoms with Crippen molar-refractivity contribution in [3.8, 4) is 17.2 Å². The third-order valence-electron chi connectivity index (χ3n) is 4.35. The smallest absolute Gasteiger partial charge is 0.244 e. The average Bonchev–Trinajstić information content (AvgIpc) is 2.74.